The highest BCUT2D eigenvalue weighted by Crippen LogP contribution is 2.22. The van der Waals surface area contributed by atoms with E-state index in [4.69, 9.17) is 10.5 Å². The number of ether oxygens (including phenoxy) is 1. The first kappa shape index (κ1) is 12.1. The van der Waals surface area contributed by atoms with E-state index in [1.807, 2.05) is 0 Å². The number of pyridine rings is 1. The highest BCUT2D eigenvalue weighted by atomic mass is 19.1. The third-order valence-electron chi connectivity index (χ3n) is 2.31. The van der Waals surface area contributed by atoms with Gasteiger partial charge in [0, 0.05) is 11.8 Å². The number of nitrogen functional groups attached to an aromatic ring is 1. The lowest BCUT2D eigenvalue weighted by molar-refractivity contribution is 0.415. The van der Waals surface area contributed by atoms with Crippen LogP contribution in [0.2, 0.25) is 0 Å². The van der Waals surface area contributed by atoms with Gasteiger partial charge in [0.25, 0.3) is 0 Å². The number of halogens is 2. The van der Waals surface area contributed by atoms with Gasteiger partial charge in [0.1, 0.15) is 5.75 Å². The number of nitrogens with zero attached hydrogens (tertiary/aromatic N) is 1. The molecule has 2 aromatic rings. The van der Waals surface area contributed by atoms with Crippen molar-refractivity contribution >= 4 is 17.3 Å². The van der Waals surface area contributed by atoms with Crippen LogP contribution in [0.5, 0.6) is 5.75 Å². The van der Waals surface area contributed by atoms with Crippen molar-refractivity contribution < 1.29 is 13.5 Å². The minimum absolute atomic E-state index is 0.126. The van der Waals surface area contributed by atoms with Gasteiger partial charge >= 0.3 is 0 Å². The van der Waals surface area contributed by atoms with Crippen molar-refractivity contribution in [2.75, 3.05) is 18.2 Å². The maximum Gasteiger partial charge on any atom is 0.169 e. The topological polar surface area (TPSA) is 60.2 Å². The van der Waals surface area contributed by atoms with Crippen LogP contribution in [0.4, 0.5) is 26.1 Å². The number of rotatable bonds is 3. The van der Waals surface area contributed by atoms with Crippen molar-refractivity contribution in [3.63, 3.8) is 0 Å². The first-order valence-electron chi connectivity index (χ1n) is 5.12. The molecule has 0 amide bonds. The molecular weight excluding hydrogens is 240 g/mol. The maximum atomic E-state index is 13.4. The molecule has 18 heavy (non-hydrogen) atoms. The summed E-state index contributed by atoms with van der Waals surface area (Å²) < 4.78 is 31.3. The van der Waals surface area contributed by atoms with Crippen LogP contribution >= 0.6 is 0 Å². The van der Waals surface area contributed by atoms with E-state index in [0.29, 0.717) is 17.5 Å². The zero-order chi connectivity index (χ0) is 13.1. The lowest BCUT2D eigenvalue weighted by atomic mass is 10.3. The largest absolute Gasteiger partial charge is 0.497 e. The van der Waals surface area contributed by atoms with Crippen LogP contribution in [0.25, 0.3) is 0 Å². The van der Waals surface area contributed by atoms with Crippen molar-refractivity contribution in [1.82, 2.24) is 4.98 Å². The van der Waals surface area contributed by atoms with Gasteiger partial charge in [-0.1, -0.05) is 0 Å². The second kappa shape index (κ2) is 4.87. The van der Waals surface area contributed by atoms with Gasteiger partial charge in [-0.3, -0.25) is 0 Å². The Morgan fingerprint density at radius 2 is 1.83 bits per heavy atom. The van der Waals surface area contributed by atoms with Crippen LogP contribution in [-0.2, 0) is 0 Å². The molecular formula is C12H11F2N3O. The number of nitrogens with two attached hydrogens (primary N) is 1. The maximum absolute atomic E-state index is 13.4. The molecule has 0 saturated carbocycles. The summed E-state index contributed by atoms with van der Waals surface area (Å²) >= 11 is 0. The fourth-order valence-electron chi connectivity index (χ4n) is 1.38. The highest BCUT2D eigenvalue weighted by Gasteiger charge is 2.09. The Morgan fingerprint density at radius 3 is 2.44 bits per heavy atom. The Bertz CT molecular complexity index is 558. The summed E-state index contributed by atoms with van der Waals surface area (Å²) in [6.07, 6.45) is 0. The second-order valence-electron chi connectivity index (χ2n) is 3.54. The van der Waals surface area contributed by atoms with E-state index < -0.39 is 11.6 Å². The predicted octanol–water partition coefficient (Wildman–Crippen LogP) is 2.69. The first-order chi connectivity index (χ1) is 8.60. The number of hydrogen-bond donors (Lipinski definition) is 2. The van der Waals surface area contributed by atoms with Gasteiger partial charge < -0.3 is 15.8 Å². The van der Waals surface area contributed by atoms with Crippen molar-refractivity contribution in [2.24, 2.45) is 0 Å². The minimum atomic E-state index is -0.882. The molecule has 1 heterocycles. The van der Waals surface area contributed by atoms with Crippen LogP contribution < -0.4 is 15.8 Å². The number of methoxy groups -OCH3 is 1. The van der Waals surface area contributed by atoms with E-state index in [1.54, 1.807) is 31.4 Å². The lowest BCUT2D eigenvalue weighted by Crippen LogP contribution is -2.03. The monoisotopic (exact) mass is 251 g/mol. The molecule has 1 aromatic heterocycles. The van der Waals surface area contributed by atoms with Gasteiger partial charge in [-0.05, 0) is 24.3 Å². The summed E-state index contributed by atoms with van der Waals surface area (Å²) in [4.78, 5) is 3.60. The number of hydrogen-bond acceptors (Lipinski definition) is 4. The Hall–Kier alpha value is -2.37. The van der Waals surface area contributed by atoms with E-state index >= 15 is 0 Å². The number of nitrogens with one attached hydrogen (secondary N) is 1. The Morgan fingerprint density at radius 1 is 1.17 bits per heavy atom. The van der Waals surface area contributed by atoms with Gasteiger partial charge in [-0.15, -0.1) is 0 Å². The van der Waals surface area contributed by atoms with Crippen molar-refractivity contribution in [3.8, 4) is 5.75 Å². The summed E-state index contributed by atoms with van der Waals surface area (Å²) in [7, 11) is 1.55. The zero-order valence-electron chi connectivity index (χ0n) is 9.58. The molecule has 0 atom stereocenters. The molecule has 0 fully saturated rings. The van der Waals surface area contributed by atoms with Crippen LogP contribution in [0.15, 0.2) is 30.3 Å². The molecule has 0 radical (unpaired) electrons. The predicted molar refractivity (Wildman–Crippen MR) is 64.8 cm³/mol. The van der Waals surface area contributed by atoms with Crippen LogP contribution in [0, 0.1) is 11.6 Å². The van der Waals surface area contributed by atoms with Gasteiger partial charge in [0.05, 0.1) is 7.11 Å². The lowest BCUT2D eigenvalue weighted by Gasteiger charge is -2.08. The Balaban J connectivity index is 2.25. The van der Waals surface area contributed by atoms with E-state index in [-0.39, 0.29) is 11.6 Å². The molecule has 0 bridgehead atoms. The van der Waals surface area contributed by atoms with Crippen LogP contribution in [0.3, 0.4) is 0 Å². The Kier molecular flexibility index (Phi) is 3.27. The number of aromatic nitrogens is 1. The molecule has 0 aliphatic carbocycles. The minimum Gasteiger partial charge on any atom is -0.497 e. The average molecular weight is 251 g/mol. The molecule has 2 rings (SSSR count). The highest BCUT2D eigenvalue weighted by molar-refractivity contribution is 5.59. The third-order valence-corrected chi connectivity index (χ3v) is 2.31. The average Bonchev–Trinajstić information content (AvgIpc) is 2.37. The fraction of sp³-hybridized carbons (Fsp3) is 0.0833. The summed E-state index contributed by atoms with van der Waals surface area (Å²) in [5.41, 5.74) is 5.87. The van der Waals surface area contributed by atoms with Crippen molar-refractivity contribution in [1.29, 1.82) is 0 Å². The number of benzene rings is 1. The van der Waals surface area contributed by atoms with Crippen LogP contribution in [-0.4, -0.2) is 12.1 Å². The second-order valence-corrected chi connectivity index (χ2v) is 3.54. The SMILES string of the molecule is COc1ccc(Nc2nc(N)c(F)cc2F)cc1. The first-order valence-corrected chi connectivity index (χ1v) is 5.12. The van der Waals surface area contributed by atoms with E-state index in [1.165, 1.54) is 0 Å². The Labute approximate surface area is 102 Å². The molecule has 3 N–H and O–H groups in total. The van der Waals surface area contributed by atoms with Gasteiger partial charge in [0.15, 0.2) is 23.3 Å². The fourth-order valence-corrected chi connectivity index (χ4v) is 1.38. The van der Waals surface area contributed by atoms with Crippen LogP contribution in [0.1, 0.15) is 0 Å². The van der Waals surface area contributed by atoms with Crippen molar-refractivity contribution in [3.05, 3.63) is 42.0 Å². The van der Waals surface area contributed by atoms with E-state index in [0.717, 1.165) is 0 Å². The summed E-state index contributed by atoms with van der Waals surface area (Å²) in [5.74, 6) is -1.50. The summed E-state index contributed by atoms with van der Waals surface area (Å²) in [6.45, 7) is 0. The molecule has 0 aliphatic rings. The molecule has 6 heteroatoms. The van der Waals surface area contributed by atoms with E-state index in [9.17, 15) is 8.78 Å². The summed E-state index contributed by atoms with van der Waals surface area (Å²) in [6, 6.07) is 7.45. The normalized spacial score (nSPS) is 10.2. The van der Waals surface area contributed by atoms with Crippen molar-refractivity contribution in [2.45, 2.75) is 0 Å². The molecule has 0 unspecified atom stereocenters. The van der Waals surface area contributed by atoms with Gasteiger partial charge in [-0.25, -0.2) is 13.8 Å². The zero-order valence-corrected chi connectivity index (χ0v) is 9.58. The molecule has 94 valence electrons. The third kappa shape index (κ3) is 2.48. The van der Waals surface area contributed by atoms with E-state index in [2.05, 4.69) is 10.3 Å². The molecule has 0 spiro atoms. The van der Waals surface area contributed by atoms with Gasteiger partial charge in [-0.2, -0.15) is 0 Å². The standard InChI is InChI=1S/C12H11F2N3O/c1-18-8-4-2-7(3-5-8)16-12-10(14)6-9(13)11(15)17-12/h2-6H,1H3,(H3,15,16,17). The molecule has 0 saturated heterocycles. The molecule has 1 aromatic carbocycles. The molecule has 4 nitrogen and oxygen atoms in total. The smallest absolute Gasteiger partial charge is 0.169 e. The number of anilines is 3. The summed E-state index contributed by atoms with van der Waals surface area (Å²) in [5, 5.41) is 2.70. The quantitative estimate of drug-likeness (QED) is 0.880. The van der Waals surface area contributed by atoms with Gasteiger partial charge in [0.2, 0.25) is 0 Å². The molecule has 0 aliphatic heterocycles.